The molecule has 0 saturated carbocycles. The first kappa shape index (κ1) is 16.4. The summed E-state index contributed by atoms with van der Waals surface area (Å²) in [7, 11) is 1.63. The maximum atomic E-state index is 12.0. The Morgan fingerprint density at radius 1 is 1.42 bits per heavy atom. The second kappa shape index (κ2) is 9.25. The molecular formula is C13H26N2O4. The molecule has 0 spiro atoms. The third-order valence-electron chi connectivity index (χ3n) is 3.26. The second-order valence-corrected chi connectivity index (χ2v) is 4.95. The highest BCUT2D eigenvalue weighted by Gasteiger charge is 2.27. The van der Waals surface area contributed by atoms with Crippen LogP contribution in [-0.4, -0.2) is 58.1 Å². The van der Waals surface area contributed by atoms with Gasteiger partial charge in [-0.05, 0) is 25.7 Å². The largest absolute Gasteiger partial charge is 0.382 e. The molecule has 2 atom stereocenters. The van der Waals surface area contributed by atoms with Crippen LogP contribution in [0, 0.1) is 5.92 Å². The summed E-state index contributed by atoms with van der Waals surface area (Å²) >= 11 is 0. The highest BCUT2D eigenvalue weighted by atomic mass is 16.5. The number of ether oxygens (including phenoxy) is 3. The molecule has 1 aliphatic heterocycles. The van der Waals surface area contributed by atoms with Crippen molar-refractivity contribution in [2.24, 2.45) is 11.7 Å². The summed E-state index contributed by atoms with van der Waals surface area (Å²) in [6.45, 7) is 4.85. The zero-order valence-electron chi connectivity index (χ0n) is 11.9. The van der Waals surface area contributed by atoms with Crippen LogP contribution in [0.25, 0.3) is 0 Å². The summed E-state index contributed by atoms with van der Waals surface area (Å²) < 4.78 is 15.5. The third kappa shape index (κ3) is 6.33. The van der Waals surface area contributed by atoms with Gasteiger partial charge in [-0.3, -0.25) is 4.79 Å². The van der Waals surface area contributed by atoms with Crippen molar-refractivity contribution in [2.75, 3.05) is 40.1 Å². The van der Waals surface area contributed by atoms with Gasteiger partial charge >= 0.3 is 0 Å². The Labute approximate surface area is 115 Å². The van der Waals surface area contributed by atoms with Gasteiger partial charge in [0.25, 0.3) is 0 Å². The van der Waals surface area contributed by atoms with Gasteiger partial charge in [-0.25, -0.2) is 0 Å². The van der Waals surface area contributed by atoms with E-state index in [9.17, 15) is 4.79 Å². The summed E-state index contributed by atoms with van der Waals surface area (Å²) in [5.74, 6) is 0.116. The Morgan fingerprint density at radius 3 is 2.74 bits per heavy atom. The maximum absolute atomic E-state index is 12.0. The van der Waals surface area contributed by atoms with Gasteiger partial charge in [0.2, 0.25) is 5.91 Å². The van der Waals surface area contributed by atoms with E-state index < -0.39 is 6.04 Å². The van der Waals surface area contributed by atoms with Crippen LogP contribution in [0.3, 0.4) is 0 Å². The fourth-order valence-electron chi connectivity index (χ4n) is 2.07. The Morgan fingerprint density at radius 2 is 2.11 bits per heavy atom. The van der Waals surface area contributed by atoms with Crippen molar-refractivity contribution in [3.8, 4) is 0 Å². The van der Waals surface area contributed by atoms with Crippen LogP contribution >= 0.6 is 0 Å². The lowest BCUT2D eigenvalue weighted by Gasteiger charge is -2.27. The smallest absolute Gasteiger partial charge is 0.237 e. The Balaban J connectivity index is 2.20. The van der Waals surface area contributed by atoms with Gasteiger partial charge in [0, 0.05) is 26.4 Å². The molecule has 1 fully saturated rings. The zero-order valence-corrected chi connectivity index (χ0v) is 11.9. The molecule has 3 N–H and O–H groups in total. The lowest BCUT2D eigenvalue weighted by atomic mass is 9.92. The molecule has 112 valence electrons. The number of nitrogens with one attached hydrogen (secondary N) is 1. The van der Waals surface area contributed by atoms with Crippen molar-refractivity contribution in [1.82, 2.24) is 5.32 Å². The summed E-state index contributed by atoms with van der Waals surface area (Å²) in [6, 6.07) is -0.499. The maximum Gasteiger partial charge on any atom is 0.237 e. The van der Waals surface area contributed by atoms with E-state index in [-0.39, 0.29) is 17.9 Å². The molecule has 19 heavy (non-hydrogen) atoms. The minimum absolute atomic E-state index is 0.0461. The predicted molar refractivity (Wildman–Crippen MR) is 71.8 cm³/mol. The van der Waals surface area contributed by atoms with Crippen molar-refractivity contribution < 1.29 is 19.0 Å². The molecule has 0 radical (unpaired) electrons. The molecule has 1 heterocycles. The average Bonchev–Trinajstić information content (AvgIpc) is 2.43. The van der Waals surface area contributed by atoms with Crippen LogP contribution in [0.4, 0.5) is 0 Å². The predicted octanol–water partition coefficient (Wildman–Crippen LogP) is -0.0920. The molecule has 0 aromatic carbocycles. The highest BCUT2D eigenvalue weighted by molar-refractivity contribution is 5.82. The molecule has 1 aliphatic rings. The van der Waals surface area contributed by atoms with Gasteiger partial charge in [0.15, 0.2) is 0 Å². The zero-order chi connectivity index (χ0) is 14.1. The monoisotopic (exact) mass is 274 g/mol. The standard InChI is InChI=1S/C13H26N2O4/c1-10(9-19-8-7-17-2)15-13(16)12(14)11-3-5-18-6-4-11/h10-12H,3-9,14H2,1-2H3,(H,15,16). The van der Waals surface area contributed by atoms with Gasteiger partial charge in [0.1, 0.15) is 0 Å². The van der Waals surface area contributed by atoms with E-state index in [2.05, 4.69) is 5.32 Å². The molecule has 1 amide bonds. The van der Waals surface area contributed by atoms with Crippen LogP contribution < -0.4 is 11.1 Å². The van der Waals surface area contributed by atoms with Gasteiger partial charge in [-0.15, -0.1) is 0 Å². The van der Waals surface area contributed by atoms with Crippen LogP contribution in [0.2, 0.25) is 0 Å². The Kier molecular flexibility index (Phi) is 7.97. The van der Waals surface area contributed by atoms with Crippen molar-refractivity contribution >= 4 is 5.91 Å². The molecule has 1 saturated heterocycles. The number of nitrogens with two attached hydrogens (primary N) is 1. The van der Waals surface area contributed by atoms with E-state index >= 15 is 0 Å². The van der Waals surface area contributed by atoms with Crippen LogP contribution in [0.1, 0.15) is 19.8 Å². The number of methoxy groups -OCH3 is 1. The molecule has 6 nitrogen and oxygen atoms in total. The number of hydrogen-bond acceptors (Lipinski definition) is 5. The van der Waals surface area contributed by atoms with Crippen LogP contribution in [0.15, 0.2) is 0 Å². The first-order chi connectivity index (χ1) is 9.15. The van der Waals surface area contributed by atoms with Crippen molar-refractivity contribution in [3.63, 3.8) is 0 Å². The van der Waals surface area contributed by atoms with Crippen molar-refractivity contribution in [2.45, 2.75) is 31.8 Å². The van der Waals surface area contributed by atoms with E-state index in [1.54, 1.807) is 7.11 Å². The molecule has 2 unspecified atom stereocenters. The topological polar surface area (TPSA) is 82.8 Å². The van der Waals surface area contributed by atoms with E-state index in [0.29, 0.717) is 33.0 Å². The van der Waals surface area contributed by atoms with E-state index in [1.807, 2.05) is 6.92 Å². The summed E-state index contributed by atoms with van der Waals surface area (Å²) in [4.78, 5) is 12.0. The number of hydrogen-bond donors (Lipinski definition) is 2. The molecule has 0 aromatic rings. The molecule has 6 heteroatoms. The number of carbonyl (C=O) groups is 1. The number of amides is 1. The number of rotatable bonds is 8. The lowest BCUT2D eigenvalue weighted by molar-refractivity contribution is -0.125. The lowest BCUT2D eigenvalue weighted by Crippen LogP contribution is -2.50. The van der Waals surface area contributed by atoms with Gasteiger partial charge in [0.05, 0.1) is 25.9 Å². The molecular weight excluding hydrogens is 248 g/mol. The van der Waals surface area contributed by atoms with Gasteiger partial charge < -0.3 is 25.3 Å². The summed E-state index contributed by atoms with van der Waals surface area (Å²) in [5.41, 5.74) is 5.99. The van der Waals surface area contributed by atoms with E-state index in [4.69, 9.17) is 19.9 Å². The summed E-state index contributed by atoms with van der Waals surface area (Å²) in [6.07, 6.45) is 1.71. The fourth-order valence-corrected chi connectivity index (χ4v) is 2.07. The molecule has 1 rings (SSSR count). The van der Waals surface area contributed by atoms with E-state index in [1.165, 1.54) is 0 Å². The fraction of sp³-hybridized carbons (Fsp3) is 0.923. The average molecular weight is 274 g/mol. The quantitative estimate of drug-likeness (QED) is 0.604. The van der Waals surface area contributed by atoms with Crippen LogP contribution in [-0.2, 0) is 19.0 Å². The normalized spacial score (nSPS) is 19.9. The third-order valence-corrected chi connectivity index (χ3v) is 3.26. The first-order valence-electron chi connectivity index (χ1n) is 6.85. The molecule has 0 bridgehead atoms. The number of carbonyl (C=O) groups excluding carboxylic acids is 1. The van der Waals surface area contributed by atoms with Gasteiger partial charge in [-0.2, -0.15) is 0 Å². The second-order valence-electron chi connectivity index (χ2n) is 4.95. The van der Waals surface area contributed by atoms with Gasteiger partial charge in [-0.1, -0.05) is 0 Å². The van der Waals surface area contributed by atoms with Crippen LogP contribution in [0.5, 0.6) is 0 Å². The van der Waals surface area contributed by atoms with Crippen molar-refractivity contribution in [1.29, 1.82) is 0 Å². The Hall–Kier alpha value is -0.690. The van der Waals surface area contributed by atoms with E-state index in [0.717, 1.165) is 12.8 Å². The minimum Gasteiger partial charge on any atom is -0.382 e. The molecule has 0 aromatic heterocycles. The summed E-state index contributed by atoms with van der Waals surface area (Å²) in [5, 5.41) is 2.88. The minimum atomic E-state index is -0.453. The van der Waals surface area contributed by atoms with Crippen molar-refractivity contribution in [3.05, 3.63) is 0 Å². The SMILES string of the molecule is COCCOCC(C)NC(=O)C(N)C1CCOCC1. The Bertz CT molecular complexity index is 257. The highest BCUT2D eigenvalue weighted by Crippen LogP contribution is 2.17. The first-order valence-corrected chi connectivity index (χ1v) is 6.85. The molecule has 0 aliphatic carbocycles.